The highest BCUT2D eigenvalue weighted by atomic mass is 32.1. The number of aromatic nitrogens is 2. The van der Waals surface area contributed by atoms with Gasteiger partial charge in [-0.2, -0.15) is 13.2 Å². The molecule has 0 bridgehead atoms. The number of halogens is 3. The Hall–Kier alpha value is -2.53. The van der Waals surface area contributed by atoms with Crippen LogP contribution in [-0.2, 0) is 6.18 Å². The van der Waals surface area contributed by atoms with Gasteiger partial charge in [-0.25, -0.2) is 9.97 Å². The number of anilines is 1. The number of nitrogens with one attached hydrogen (secondary N) is 1. The van der Waals surface area contributed by atoms with Crippen LogP contribution in [0.25, 0.3) is 10.4 Å². The monoisotopic (exact) mass is 538 g/mol. The molecule has 7 nitrogen and oxygen atoms in total. The lowest BCUT2D eigenvalue weighted by Gasteiger charge is -2.40. The lowest BCUT2D eigenvalue weighted by molar-refractivity contribution is -0.137. The molecule has 37 heavy (non-hydrogen) atoms. The van der Waals surface area contributed by atoms with Crippen molar-refractivity contribution < 1.29 is 27.9 Å². The molecule has 2 aliphatic rings. The van der Waals surface area contributed by atoms with Gasteiger partial charge in [0.05, 0.1) is 16.0 Å². The number of amides is 1. The van der Waals surface area contributed by atoms with Gasteiger partial charge in [0, 0.05) is 36.3 Å². The number of carbonyl (C=O) groups is 2. The summed E-state index contributed by atoms with van der Waals surface area (Å²) in [6.07, 6.45) is -0.971. The molecule has 2 N–H and O–H groups in total. The molecular weight excluding hydrogens is 505 g/mol. The summed E-state index contributed by atoms with van der Waals surface area (Å²) in [6, 6.07) is 0.863. The quantitative estimate of drug-likeness (QED) is 0.452. The molecule has 2 aromatic heterocycles. The molecule has 0 spiro atoms. The van der Waals surface area contributed by atoms with Crippen molar-refractivity contribution in [2.45, 2.75) is 90.1 Å². The van der Waals surface area contributed by atoms with Crippen molar-refractivity contribution in [1.82, 2.24) is 14.9 Å². The summed E-state index contributed by atoms with van der Waals surface area (Å²) in [5.41, 5.74) is -2.68. The maximum atomic E-state index is 14.2. The summed E-state index contributed by atoms with van der Waals surface area (Å²) >= 11 is 0.804. The zero-order valence-electron chi connectivity index (χ0n) is 21.7. The average molecular weight is 539 g/mol. The molecule has 1 aliphatic carbocycles. The first-order valence-electron chi connectivity index (χ1n) is 12.5. The Kier molecular flexibility index (Phi) is 7.17. The van der Waals surface area contributed by atoms with Crippen LogP contribution in [0.1, 0.15) is 92.6 Å². The normalized spacial score (nSPS) is 24.2. The Balaban J connectivity index is 1.77. The van der Waals surface area contributed by atoms with Crippen LogP contribution in [0, 0.1) is 5.92 Å². The van der Waals surface area contributed by atoms with Crippen molar-refractivity contribution in [2.75, 3.05) is 11.9 Å². The SMILES string of the molecule is C[C@H]1CCCN1C(=O)c1nc(C(=O)C[C@H]2C[C@@](C)(O)C2)sc1-c1cnc(NC(C)(C)C)cc1C(F)(F)F. The summed E-state index contributed by atoms with van der Waals surface area (Å²) in [4.78, 5) is 36.7. The molecule has 0 aromatic carbocycles. The van der Waals surface area contributed by atoms with E-state index in [1.54, 1.807) is 11.8 Å². The molecule has 3 heterocycles. The van der Waals surface area contributed by atoms with Gasteiger partial charge in [-0.3, -0.25) is 9.59 Å². The maximum Gasteiger partial charge on any atom is 0.417 e. The highest BCUT2D eigenvalue weighted by molar-refractivity contribution is 7.17. The minimum Gasteiger partial charge on any atom is -0.390 e. The number of aliphatic hydroxyl groups is 1. The fraction of sp³-hybridized carbons (Fsp3) is 0.615. The van der Waals surface area contributed by atoms with Gasteiger partial charge in [0.2, 0.25) is 0 Å². The molecule has 1 aliphatic heterocycles. The first kappa shape index (κ1) is 27.5. The highest BCUT2D eigenvalue weighted by Crippen LogP contribution is 2.44. The van der Waals surface area contributed by atoms with E-state index in [0.717, 1.165) is 36.4 Å². The summed E-state index contributed by atoms with van der Waals surface area (Å²) in [7, 11) is 0. The van der Waals surface area contributed by atoms with Crippen LogP contribution < -0.4 is 5.32 Å². The first-order chi connectivity index (χ1) is 17.0. The average Bonchev–Trinajstić information content (AvgIpc) is 3.37. The molecule has 1 saturated heterocycles. The molecular formula is C26H33F3N4O3S. The number of pyridine rings is 1. The number of carbonyl (C=O) groups excluding carboxylic acids is 2. The van der Waals surface area contributed by atoms with E-state index in [2.05, 4.69) is 15.3 Å². The van der Waals surface area contributed by atoms with E-state index in [4.69, 9.17) is 0 Å². The Morgan fingerprint density at radius 3 is 2.49 bits per heavy atom. The van der Waals surface area contributed by atoms with E-state index >= 15 is 0 Å². The molecule has 11 heteroatoms. The molecule has 2 aromatic rings. The zero-order chi connectivity index (χ0) is 27.3. The molecule has 0 unspecified atom stereocenters. The number of thiazole rings is 1. The van der Waals surface area contributed by atoms with E-state index in [1.165, 1.54) is 0 Å². The molecule has 1 saturated carbocycles. The number of hydrogen-bond donors (Lipinski definition) is 2. The minimum absolute atomic E-state index is 0.00163. The van der Waals surface area contributed by atoms with Crippen LogP contribution in [-0.4, -0.2) is 55.4 Å². The Bertz CT molecular complexity index is 1190. The maximum absolute atomic E-state index is 14.2. The second-order valence-corrected chi connectivity index (χ2v) is 12.6. The van der Waals surface area contributed by atoms with E-state index in [1.807, 2.05) is 27.7 Å². The smallest absolute Gasteiger partial charge is 0.390 e. The van der Waals surface area contributed by atoms with Crippen molar-refractivity contribution >= 4 is 28.8 Å². The van der Waals surface area contributed by atoms with Crippen LogP contribution in [0.2, 0.25) is 0 Å². The van der Waals surface area contributed by atoms with Crippen molar-refractivity contribution in [2.24, 2.45) is 5.92 Å². The highest BCUT2D eigenvalue weighted by Gasteiger charge is 2.41. The third-order valence-electron chi connectivity index (χ3n) is 6.77. The van der Waals surface area contributed by atoms with Gasteiger partial charge in [-0.15, -0.1) is 11.3 Å². The number of rotatable bonds is 6. The van der Waals surface area contributed by atoms with Crippen molar-refractivity contribution in [1.29, 1.82) is 0 Å². The van der Waals surface area contributed by atoms with Gasteiger partial charge < -0.3 is 15.3 Å². The second kappa shape index (κ2) is 9.65. The zero-order valence-corrected chi connectivity index (χ0v) is 22.5. The molecule has 4 rings (SSSR count). The number of likely N-dealkylation sites (tertiary alicyclic amines) is 1. The minimum atomic E-state index is -4.72. The number of hydrogen-bond acceptors (Lipinski definition) is 7. The molecule has 2 fully saturated rings. The molecule has 202 valence electrons. The summed E-state index contributed by atoms with van der Waals surface area (Å²) in [5.74, 6) is -0.787. The number of Topliss-reactive ketones (excluding diaryl/α,β-unsaturated/α-hetero) is 1. The Labute approximate surface area is 218 Å². The van der Waals surface area contributed by atoms with Crippen LogP contribution in [0.3, 0.4) is 0 Å². The summed E-state index contributed by atoms with van der Waals surface area (Å²) < 4.78 is 42.7. The standard InChI is InChI=1S/C26H33F3N4O3S/c1-14-7-6-8-33(14)23(35)20-21(37-22(31-20)18(34)9-15-11-25(5,36)12-15)16-13-30-19(32-24(2,3)4)10-17(16)26(27,28)29/h10,13-15,36H,6-9,11-12H2,1-5H3,(H,30,32)/t14-,15-,25+/m0/s1. The second-order valence-electron chi connectivity index (χ2n) is 11.6. The van der Waals surface area contributed by atoms with Gasteiger partial charge in [-0.1, -0.05) is 0 Å². The number of nitrogens with zero attached hydrogens (tertiary/aromatic N) is 3. The van der Waals surface area contributed by atoms with Gasteiger partial charge in [-0.05, 0) is 72.3 Å². The van der Waals surface area contributed by atoms with E-state index in [9.17, 15) is 27.9 Å². The number of ketones is 1. The van der Waals surface area contributed by atoms with Crippen LogP contribution in [0.15, 0.2) is 12.3 Å². The van der Waals surface area contributed by atoms with Crippen LogP contribution in [0.4, 0.5) is 19.0 Å². The van der Waals surface area contributed by atoms with Gasteiger partial charge in [0.15, 0.2) is 10.8 Å². The van der Waals surface area contributed by atoms with Crippen molar-refractivity contribution in [3.63, 3.8) is 0 Å². The first-order valence-corrected chi connectivity index (χ1v) is 13.3. The summed E-state index contributed by atoms with van der Waals surface area (Å²) in [5, 5.41) is 12.9. The fourth-order valence-electron chi connectivity index (χ4n) is 5.14. The largest absolute Gasteiger partial charge is 0.417 e. The predicted molar refractivity (Wildman–Crippen MR) is 136 cm³/mol. The van der Waals surface area contributed by atoms with Gasteiger partial charge in [0.25, 0.3) is 5.91 Å². The molecule has 1 amide bonds. The number of alkyl halides is 3. The fourth-order valence-corrected chi connectivity index (χ4v) is 6.17. The van der Waals surface area contributed by atoms with E-state index in [-0.39, 0.29) is 51.1 Å². The summed E-state index contributed by atoms with van der Waals surface area (Å²) in [6.45, 7) is 9.51. The van der Waals surface area contributed by atoms with E-state index in [0.29, 0.717) is 19.4 Å². The van der Waals surface area contributed by atoms with E-state index < -0.39 is 28.8 Å². The topological polar surface area (TPSA) is 95.4 Å². The predicted octanol–water partition coefficient (Wildman–Crippen LogP) is 5.79. The van der Waals surface area contributed by atoms with Gasteiger partial charge in [0.1, 0.15) is 11.5 Å². The van der Waals surface area contributed by atoms with Crippen molar-refractivity contribution in [3.8, 4) is 10.4 Å². The lowest BCUT2D eigenvalue weighted by atomic mass is 9.70. The third-order valence-corrected chi connectivity index (χ3v) is 7.90. The molecule has 1 atom stereocenters. The van der Waals surface area contributed by atoms with Crippen LogP contribution in [0.5, 0.6) is 0 Å². The Morgan fingerprint density at radius 2 is 1.95 bits per heavy atom. The van der Waals surface area contributed by atoms with Crippen molar-refractivity contribution in [3.05, 3.63) is 28.5 Å². The lowest BCUT2D eigenvalue weighted by Crippen LogP contribution is -2.41. The van der Waals surface area contributed by atoms with Crippen LogP contribution >= 0.6 is 11.3 Å². The van der Waals surface area contributed by atoms with Gasteiger partial charge >= 0.3 is 6.18 Å². The third kappa shape index (κ3) is 6.14. The molecule has 0 radical (unpaired) electrons. The Morgan fingerprint density at radius 1 is 1.27 bits per heavy atom.